The molecule has 1 aromatic rings. The Kier molecular flexibility index (Phi) is 11.0. The van der Waals surface area contributed by atoms with E-state index < -0.39 is 55.4 Å². The van der Waals surface area contributed by atoms with Crippen molar-refractivity contribution in [2.24, 2.45) is 0 Å². The summed E-state index contributed by atoms with van der Waals surface area (Å²) in [6.45, 7) is 31.1. The van der Waals surface area contributed by atoms with Gasteiger partial charge < -0.3 is 16.0 Å². The number of anilines is 3. The molecule has 6 heterocycles. The highest BCUT2D eigenvalue weighted by atomic mass is 16.5. The fraction of sp³-hybridized carbons (Fsp3) is 0.929. The van der Waals surface area contributed by atoms with E-state index in [-0.39, 0.29) is 18.1 Å². The lowest BCUT2D eigenvalue weighted by Gasteiger charge is -2.62. The Morgan fingerprint density at radius 2 is 0.552 bits per heavy atom. The van der Waals surface area contributed by atoms with Crippen molar-refractivity contribution in [2.45, 2.75) is 249 Å². The quantitative estimate of drug-likeness (QED) is 0.265. The SMILES string of the molecule is CC1(C)CC(Nc2nc(NC3CC(C)(C)N([O])C4(C3)CC(C)(C)N([O])C(C)(C)C4)nc(NC3CC(C)(C)N([O])C4(C3)CC(C)(C)N([O])C(C)(C)C4)n2)CC(C)(C)N1[O]. The lowest BCUT2D eigenvalue weighted by molar-refractivity contribution is -0.360. The molecule has 0 amide bonds. The molecule has 5 fully saturated rings. The molecular formula is C42H74N11O5. The highest BCUT2D eigenvalue weighted by Gasteiger charge is 2.63. The van der Waals surface area contributed by atoms with Crippen LogP contribution in [-0.4, -0.2) is 114 Å². The molecular weight excluding hydrogens is 739 g/mol. The van der Waals surface area contributed by atoms with Gasteiger partial charge in [0.1, 0.15) is 0 Å². The van der Waals surface area contributed by atoms with Gasteiger partial charge in [0.15, 0.2) is 0 Å². The van der Waals surface area contributed by atoms with Crippen LogP contribution in [0.5, 0.6) is 0 Å². The van der Waals surface area contributed by atoms with Crippen molar-refractivity contribution in [1.29, 1.82) is 0 Å². The molecule has 6 rings (SSSR count). The molecule has 1 aromatic heterocycles. The Hall–Kier alpha value is -1.99. The molecule has 16 nitrogen and oxygen atoms in total. The number of hydrogen-bond donors (Lipinski definition) is 3. The minimum absolute atomic E-state index is 0.0985. The van der Waals surface area contributed by atoms with Crippen LogP contribution in [0.3, 0.4) is 0 Å². The molecule has 0 aromatic carbocycles. The number of nitrogens with one attached hydrogen (secondary N) is 3. The molecule has 0 aliphatic carbocycles. The average Bonchev–Trinajstić information content (AvgIpc) is 3.01. The topological polar surface area (TPSA) is 190 Å². The lowest BCUT2D eigenvalue weighted by Crippen LogP contribution is -2.73. The first kappa shape index (κ1) is 45.5. The zero-order valence-electron chi connectivity index (χ0n) is 38.4. The molecule has 327 valence electrons. The van der Waals surface area contributed by atoms with Crippen LogP contribution < -0.4 is 16.0 Å². The van der Waals surface area contributed by atoms with Gasteiger partial charge in [0.05, 0.1) is 11.1 Å². The Balaban J connectivity index is 1.35. The van der Waals surface area contributed by atoms with Crippen molar-refractivity contribution >= 4 is 17.8 Å². The van der Waals surface area contributed by atoms with Crippen LogP contribution in [0.4, 0.5) is 17.8 Å². The molecule has 58 heavy (non-hydrogen) atoms. The van der Waals surface area contributed by atoms with E-state index in [4.69, 9.17) is 15.0 Å². The van der Waals surface area contributed by atoms with Gasteiger partial charge >= 0.3 is 0 Å². The summed E-state index contributed by atoms with van der Waals surface area (Å²) in [7, 11) is 0. The Morgan fingerprint density at radius 3 is 0.810 bits per heavy atom. The first-order chi connectivity index (χ1) is 26.1. The fourth-order valence-electron chi connectivity index (χ4n) is 13.4. The van der Waals surface area contributed by atoms with Gasteiger partial charge in [-0.15, -0.1) is 51.4 Å². The normalized spacial score (nSPS) is 32.8. The summed E-state index contributed by atoms with van der Waals surface area (Å²) < 4.78 is 0. The highest BCUT2D eigenvalue weighted by molar-refractivity contribution is 5.44. The zero-order chi connectivity index (χ0) is 43.7. The van der Waals surface area contributed by atoms with E-state index in [1.165, 1.54) is 25.3 Å². The van der Waals surface area contributed by atoms with E-state index in [0.717, 1.165) is 0 Å². The standard InChI is InChI=1S/C42H74N11O5/c1-33(2)17-27(18-34(3,4)49(33)54)43-30-46-31(44-28-19-35(5,6)52(57)41(21-28)23-37(9,10)50(55)38(11,12)24-41)48-32(47-30)45-29-20-36(7,8)53(58)42(22-29)25-39(13,14)51(56)40(15,16)26-42/h27-29H,17-26H2,1-16H3,(H3,43,44,45,46,47,48). The van der Waals surface area contributed by atoms with Gasteiger partial charge in [0.25, 0.3) is 0 Å². The second kappa shape index (κ2) is 14.0. The van der Waals surface area contributed by atoms with Crippen molar-refractivity contribution < 1.29 is 26.0 Å². The van der Waals surface area contributed by atoms with E-state index in [9.17, 15) is 26.0 Å². The van der Waals surface area contributed by atoms with E-state index in [1.807, 2.05) is 111 Å². The summed E-state index contributed by atoms with van der Waals surface area (Å²) in [4.78, 5) is 14.9. The number of piperidine rings is 5. The van der Waals surface area contributed by atoms with Crippen molar-refractivity contribution in [3.63, 3.8) is 0 Å². The first-order valence-corrected chi connectivity index (χ1v) is 21.5. The number of hydroxylamine groups is 10. The van der Waals surface area contributed by atoms with Crippen molar-refractivity contribution in [2.75, 3.05) is 16.0 Å². The second-order valence-corrected chi connectivity index (χ2v) is 24.2. The van der Waals surface area contributed by atoms with Crippen molar-refractivity contribution in [3.8, 4) is 0 Å². The minimum atomic E-state index is -0.792. The minimum Gasteiger partial charge on any atom is -0.351 e. The van der Waals surface area contributed by atoms with E-state index >= 15 is 0 Å². The van der Waals surface area contributed by atoms with E-state index in [1.54, 1.807) is 0 Å². The summed E-state index contributed by atoms with van der Waals surface area (Å²) >= 11 is 0. The first-order valence-electron chi connectivity index (χ1n) is 21.5. The molecule has 3 N–H and O–H groups in total. The van der Waals surface area contributed by atoms with Gasteiger partial charge in [-0.05, 0) is 175 Å². The Labute approximate surface area is 347 Å². The Morgan fingerprint density at radius 1 is 0.345 bits per heavy atom. The Bertz CT molecular complexity index is 1550. The number of rotatable bonds is 6. The molecule has 16 heteroatoms. The van der Waals surface area contributed by atoms with Crippen molar-refractivity contribution in [3.05, 3.63) is 0 Å². The maximum atomic E-state index is 14.3. The summed E-state index contributed by atoms with van der Waals surface area (Å²) in [6.07, 6.45) is 4.92. The van der Waals surface area contributed by atoms with Crippen LogP contribution in [-0.2, 0) is 26.0 Å². The molecule has 2 spiro atoms. The summed E-state index contributed by atoms with van der Waals surface area (Å²) in [5.41, 5.74) is -7.27. The third-order valence-corrected chi connectivity index (χ3v) is 14.2. The third-order valence-electron chi connectivity index (χ3n) is 14.2. The van der Waals surface area contributed by atoms with Gasteiger partial charge in [-0.25, -0.2) is 0 Å². The van der Waals surface area contributed by atoms with E-state index in [0.29, 0.717) is 82.1 Å². The molecule has 0 bridgehead atoms. The summed E-state index contributed by atoms with van der Waals surface area (Å²) in [5.74, 6) is 1.07. The number of aromatic nitrogens is 3. The highest BCUT2D eigenvalue weighted by Crippen LogP contribution is 2.54. The maximum absolute atomic E-state index is 14.3. The predicted molar refractivity (Wildman–Crippen MR) is 219 cm³/mol. The maximum Gasteiger partial charge on any atom is 0.229 e. The van der Waals surface area contributed by atoms with Crippen molar-refractivity contribution in [1.82, 2.24) is 40.3 Å². The summed E-state index contributed by atoms with van der Waals surface area (Å²) in [6, 6.07) is -0.483. The number of hydrogen-bond acceptors (Lipinski definition) is 11. The van der Waals surface area contributed by atoms with Gasteiger partial charge in [0, 0.05) is 62.4 Å². The van der Waals surface area contributed by atoms with Gasteiger partial charge in [-0.3, -0.25) is 0 Å². The molecule has 5 radical (unpaired) electrons. The van der Waals surface area contributed by atoms with Crippen LogP contribution >= 0.6 is 0 Å². The van der Waals surface area contributed by atoms with Gasteiger partial charge in [-0.2, -0.15) is 15.0 Å². The van der Waals surface area contributed by atoms with E-state index in [2.05, 4.69) is 16.0 Å². The smallest absolute Gasteiger partial charge is 0.229 e. The van der Waals surface area contributed by atoms with Gasteiger partial charge in [-0.1, -0.05) is 0 Å². The zero-order valence-corrected chi connectivity index (χ0v) is 38.4. The second-order valence-electron chi connectivity index (χ2n) is 24.2. The molecule has 0 saturated carbocycles. The molecule has 5 saturated heterocycles. The van der Waals surface area contributed by atoms with Crippen LogP contribution in [0.1, 0.15) is 175 Å². The predicted octanol–water partition coefficient (Wildman–Crippen LogP) is 7.13. The monoisotopic (exact) mass is 813 g/mol. The average molecular weight is 813 g/mol. The molecule has 5 aliphatic heterocycles. The summed E-state index contributed by atoms with van der Waals surface area (Å²) in [5, 5.41) is 85.7. The van der Waals surface area contributed by atoms with Crippen LogP contribution in [0.15, 0.2) is 0 Å². The lowest BCUT2D eigenvalue weighted by atomic mass is 9.63. The van der Waals surface area contributed by atoms with Crippen LogP contribution in [0, 0.1) is 0 Å². The third kappa shape index (κ3) is 8.20. The molecule has 5 aliphatic rings. The van der Waals surface area contributed by atoms with Crippen LogP contribution in [0.2, 0.25) is 0 Å². The number of nitrogens with zero attached hydrogens (tertiary/aromatic N) is 8. The van der Waals surface area contributed by atoms with Crippen LogP contribution in [0.25, 0.3) is 0 Å². The fourth-order valence-corrected chi connectivity index (χ4v) is 13.4. The molecule has 2 atom stereocenters. The van der Waals surface area contributed by atoms with Gasteiger partial charge in [0.2, 0.25) is 17.8 Å². The molecule has 2 unspecified atom stereocenters. The largest absolute Gasteiger partial charge is 0.351 e.